The summed E-state index contributed by atoms with van der Waals surface area (Å²) >= 11 is 9.89. The van der Waals surface area contributed by atoms with Crippen molar-refractivity contribution in [2.45, 2.75) is 43.4 Å². The third kappa shape index (κ3) is 3.37. The van der Waals surface area contributed by atoms with Crippen molar-refractivity contribution in [3.63, 3.8) is 0 Å². The van der Waals surface area contributed by atoms with Gasteiger partial charge in [0.1, 0.15) is 5.15 Å². The molecule has 1 N–H and O–H groups in total. The number of H-pyrrole nitrogens is 1. The molecule has 21 heavy (non-hydrogen) atoms. The van der Waals surface area contributed by atoms with Crippen molar-refractivity contribution < 1.29 is 0 Å². The van der Waals surface area contributed by atoms with Crippen molar-refractivity contribution in [2.75, 3.05) is 17.3 Å². The van der Waals surface area contributed by atoms with Crippen LogP contribution in [0.1, 0.15) is 37.2 Å². The Balaban J connectivity index is 1.93. The van der Waals surface area contributed by atoms with Crippen LogP contribution >= 0.6 is 35.1 Å². The summed E-state index contributed by atoms with van der Waals surface area (Å²) < 4.78 is 1.36. The van der Waals surface area contributed by atoms with Gasteiger partial charge in [0.05, 0.1) is 5.56 Å². The Labute approximate surface area is 137 Å². The molecule has 1 unspecified atom stereocenters. The molecule has 1 aliphatic heterocycles. The molecule has 1 saturated heterocycles. The normalized spacial score (nSPS) is 23.6. The Morgan fingerprint density at radius 3 is 2.67 bits per heavy atom. The van der Waals surface area contributed by atoms with Crippen LogP contribution in [0.15, 0.2) is 9.59 Å². The number of thioether (sulfide) groups is 2. The fraction of sp³-hybridized carbons (Fsp3) is 0.714. The predicted molar refractivity (Wildman–Crippen MR) is 91.1 cm³/mol. The highest BCUT2D eigenvalue weighted by molar-refractivity contribution is 8.06. The maximum absolute atomic E-state index is 12.7. The number of aromatic nitrogens is 2. The maximum atomic E-state index is 12.7. The number of hydrogen-bond donors (Lipinski definition) is 1. The van der Waals surface area contributed by atoms with E-state index < -0.39 is 0 Å². The standard InChI is InChI=1S/C14H19ClN2O2S2/c15-12-11(9-3-1-2-4-9)13(18)17(14(19)16-12)7-10-8-20-5-6-21-10/h9-10H,1-8H2,(H,16,19). The number of nitrogens with zero attached hydrogens (tertiary/aromatic N) is 1. The van der Waals surface area contributed by atoms with Gasteiger partial charge in [-0.05, 0) is 18.8 Å². The van der Waals surface area contributed by atoms with Crippen LogP contribution < -0.4 is 11.2 Å². The summed E-state index contributed by atoms with van der Waals surface area (Å²) in [5.74, 6) is 3.45. The number of halogens is 1. The van der Waals surface area contributed by atoms with Crippen molar-refractivity contribution in [3.05, 3.63) is 31.6 Å². The second-order valence-corrected chi connectivity index (χ2v) is 8.56. The number of rotatable bonds is 3. The van der Waals surface area contributed by atoms with Crippen molar-refractivity contribution in [1.82, 2.24) is 9.55 Å². The first-order chi connectivity index (χ1) is 10.2. The van der Waals surface area contributed by atoms with Gasteiger partial charge in [-0.15, -0.1) is 0 Å². The van der Waals surface area contributed by atoms with E-state index in [9.17, 15) is 9.59 Å². The van der Waals surface area contributed by atoms with Crippen molar-refractivity contribution in [2.24, 2.45) is 0 Å². The van der Waals surface area contributed by atoms with Crippen LogP contribution in [-0.2, 0) is 6.54 Å². The summed E-state index contributed by atoms with van der Waals surface area (Å²) in [5.41, 5.74) is 0.0805. The number of hydrogen-bond acceptors (Lipinski definition) is 4. The van der Waals surface area contributed by atoms with Crippen LogP contribution in [0.4, 0.5) is 0 Å². The summed E-state index contributed by atoms with van der Waals surface area (Å²) in [6.45, 7) is 0.489. The van der Waals surface area contributed by atoms with E-state index in [0.717, 1.165) is 42.9 Å². The fourth-order valence-corrected chi connectivity index (χ4v) is 6.11. The average Bonchev–Trinajstić information content (AvgIpc) is 2.98. The van der Waals surface area contributed by atoms with Gasteiger partial charge in [0, 0.05) is 29.1 Å². The molecule has 0 radical (unpaired) electrons. The van der Waals surface area contributed by atoms with Gasteiger partial charge in [0.15, 0.2) is 0 Å². The van der Waals surface area contributed by atoms with E-state index in [1.165, 1.54) is 4.57 Å². The smallest absolute Gasteiger partial charge is 0.297 e. The highest BCUT2D eigenvalue weighted by Crippen LogP contribution is 2.34. The topological polar surface area (TPSA) is 54.9 Å². The van der Waals surface area contributed by atoms with Gasteiger partial charge < -0.3 is 0 Å². The molecule has 2 fully saturated rings. The zero-order valence-corrected chi connectivity index (χ0v) is 14.2. The molecule has 4 nitrogen and oxygen atoms in total. The van der Waals surface area contributed by atoms with E-state index in [4.69, 9.17) is 11.6 Å². The molecule has 1 atom stereocenters. The van der Waals surface area contributed by atoms with Crippen LogP contribution in [0.25, 0.3) is 0 Å². The third-order valence-corrected chi connectivity index (χ3v) is 7.33. The molecule has 0 spiro atoms. The summed E-state index contributed by atoms with van der Waals surface area (Å²) in [6.07, 6.45) is 4.26. The van der Waals surface area contributed by atoms with E-state index in [1.807, 2.05) is 23.5 Å². The van der Waals surface area contributed by atoms with Crippen molar-refractivity contribution in [1.29, 1.82) is 0 Å². The van der Waals surface area contributed by atoms with Crippen LogP contribution in [-0.4, -0.2) is 32.1 Å². The lowest BCUT2D eigenvalue weighted by Gasteiger charge is -2.22. The van der Waals surface area contributed by atoms with E-state index in [-0.39, 0.29) is 22.3 Å². The fourth-order valence-electron chi connectivity index (χ4n) is 3.14. The molecule has 0 aromatic carbocycles. The van der Waals surface area contributed by atoms with E-state index in [2.05, 4.69) is 4.98 Å². The average molecular weight is 347 g/mol. The molecule has 2 heterocycles. The van der Waals surface area contributed by atoms with E-state index in [1.54, 1.807) is 0 Å². The summed E-state index contributed by atoms with van der Waals surface area (Å²) in [4.78, 5) is 27.5. The first-order valence-corrected chi connectivity index (χ1v) is 9.97. The molecule has 0 bridgehead atoms. The molecule has 3 rings (SSSR count). The SMILES string of the molecule is O=c1[nH]c(Cl)c(C2CCCC2)c(=O)n1CC1CSCCS1. The predicted octanol–water partition coefficient (Wildman–Crippen LogP) is 2.70. The Kier molecular flexibility index (Phi) is 5.07. The Bertz CT molecular complexity index is 616. The highest BCUT2D eigenvalue weighted by atomic mass is 35.5. The van der Waals surface area contributed by atoms with Crippen LogP contribution in [0.5, 0.6) is 0 Å². The van der Waals surface area contributed by atoms with Crippen molar-refractivity contribution in [3.8, 4) is 0 Å². The zero-order chi connectivity index (χ0) is 14.8. The van der Waals surface area contributed by atoms with Gasteiger partial charge in [-0.1, -0.05) is 24.4 Å². The van der Waals surface area contributed by atoms with Crippen LogP contribution in [0, 0.1) is 0 Å². The first kappa shape index (κ1) is 15.6. The Morgan fingerprint density at radius 1 is 1.24 bits per heavy atom. The number of nitrogens with one attached hydrogen (secondary N) is 1. The van der Waals surface area contributed by atoms with Crippen LogP contribution in [0.2, 0.25) is 5.15 Å². The molecule has 2 aliphatic rings. The van der Waals surface area contributed by atoms with E-state index >= 15 is 0 Å². The minimum atomic E-state index is -0.372. The lowest BCUT2D eigenvalue weighted by Crippen LogP contribution is -2.41. The molecule has 116 valence electrons. The molecular weight excluding hydrogens is 328 g/mol. The molecule has 1 aliphatic carbocycles. The van der Waals surface area contributed by atoms with Crippen molar-refractivity contribution >= 4 is 35.1 Å². The van der Waals surface area contributed by atoms with Gasteiger partial charge in [-0.3, -0.25) is 14.3 Å². The lowest BCUT2D eigenvalue weighted by atomic mass is 10.0. The largest absolute Gasteiger partial charge is 0.329 e. The summed E-state index contributed by atoms with van der Waals surface area (Å²) in [7, 11) is 0. The van der Waals surface area contributed by atoms with E-state index in [0.29, 0.717) is 17.4 Å². The van der Waals surface area contributed by atoms with Gasteiger partial charge in [0.25, 0.3) is 5.56 Å². The summed E-state index contributed by atoms with van der Waals surface area (Å²) in [5, 5.41) is 0.582. The first-order valence-electron chi connectivity index (χ1n) is 7.38. The third-order valence-electron chi connectivity index (χ3n) is 4.21. The van der Waals surface area contributed by atoms with Gasteiger partial charge in [0.2, 0.25) is 0 Å². The molecule has 7 heteroatoms. The maximum Gasteiger partial charge on any atom is 0.329 e. The Hall–Kier alpha value is -0.330. The molecule has 1 aromatic heterocycles. The minimum absolute atomic E-state index is 0.174. The minimum Gasteiger partial charge on any atom is -0.297 e. The Morgan fingerprint density at radius 2 is 2.00 bits per heavy atom. The summed E-state index contributed by atoms with van der Waals surface area (Å²) in [6, 6.07) is 0. The lowest BCUT2D eigenvalue weighted by molar-refractivity contribution is 0.599. The molecule has 1 aromatic rings. The second kappa shape index (κ2) is 6.84. The number of aromatic amines is 1. The quantitative estimate of drug-likeness (QED) is 0.855. The van der Waals surface area contributed by atoms with Crippen LogP contribution in [0.3, 0.4) is 0 Å². The molecule has 1 saturated carbocycles. The highest BCUT2D eigenvalue weighted by Gasteiger charge is 2.26. The van der Waals surface area contributed by atoms with Gasteiger partial charge >= 0.3 is 5.69 Å². The van der Waals surface area contributed by atoms with Gasteiger partial charge in [-0.25, -0.2) is 4.79 Å². The monoisotopic (exact) mass is 346 g/mol. The zero-order valence-electron chi connectivity index (χ0n) is 11.8. The molecule has 0 amide bonds. The van der Waals surface area contributed by atoms with Gasteiger partial charge in [-0.2, -0.15) is 23.5 Å². The second-order valence-electron chi connectivity index (χ2n) is 5.62. The molecular formula is C14H19ClN2O2S2.